The van der Waals surface area contributed by atoms with E-state index in [1.165, 1.54) is 12.6 Å². The van der Waals surface area contributed by atoms with E-state index in [9.17, 15) is 4.79 Å². The molecule has 0 aromatic rings. The molecule has 3 aliphatic rings. The van der Waals surface area contributed by atoms with Gasteiger partial charge in [0, 0.05) is 31.9 Å². The van der Waals surface area contributed by atoms with Gasteiger partial charge in [-0.3, -0.25) is 4.79 Å². The van der Waals surface area contributed by atoms with E-state index in [-0.39, 0.29) is 12.2 Å². The third-order valence-electron chi connectivity index (χ3n) is 2.49. The first-order valence-corrected chi connectivity index (χ1v) is 4.53. The fourth-order valence-electron chi connectivity index (χ4n) is 1.92. The fraction of sp³-hybridized carbons (Fsp3) is 0.667. The Hall–Kier alpha value is -1.19. The quantitative estimate of drug-likeness (QED) is 0.548. The van der Waals surface area contributed by atoms with Gasteiger partial charge in [0.15, 0.2) is 6.23 Å². The number of nitrogens with zero attached hydrogens (tertiary/aromatic N) is 2. The molecule has 1 atom stereocenters. The topological polar surface area (TPSA) is 32.8 Å². The Labute approximate surface area is 77.8 Å². The lowest BCUT2D eigenvalue weighted by Gasteiger charge is -2.46. The van der Waals surface area contributed by atoms with E-state index >= 15 is 0 Å². The van der Waals surface area contributed by atoms with Crippen LogP contribution in [-0.2, 0) is 9.53 Å². The number of hydrogen-bond acceptors (Lipinski definition) is 4. The van der Waals surface area contributed by atoms with E-state index in [0.29, 0.717) is 0 Å². The summed E-state index contributed by atoms with van der Waals surface area (Å²) in [5.74, 6) is -0.202. The molecular formula is C9H14N2O2. The molecule has 0 spiro atoms. The van der Waals surface area contributed by atoms with Crippen LogP contribution in [0.15, 0.2) is 11.9 Å². The summed E-state index contributed by atoms with van der Waals surface area (Å²) in [6.07, 6.45) is 2.04. The molecular weight excluding hydrogens is 168 g/mol. The molecule has 3 heterocycles. The second kappa shape index (κ2) is 2.94. The highest BCUT2D eigenvalue weighted by Gasteiger charge is 2.32. The number of hydrogen-bond donors (Lipinski definition) is 0. The molecule has 0 radical (unpaired) electrons. The van der Waals surface area contributed by atoms with Crippen LogP contribution >= 0.6 is 0 Å². The zero-order chi connectivity index (χ0) is 9.42. The van der Waals surface area contributed by atoms with E-state index in [4.69, 9.17) is 4.74 Å². The van der Waals surface area contributed by atoms with Crippen LogP contribution in [0.1, 0.15) is 13.8 Å². The smallest absolute Gasteiger partial charge is 0.304 e. The number of fused-ring (bicyclic) bond motifs is 2. The van der Waals surface area contributed by atoms with Crippen molar-refractivity contribution in [2.75, 3.05) is 19.6 Å². The lowest BCUT2D eigenvalue weighted by molar-refractivity contribution is -0.161. The van der Waals surface area contributed by atoms with Crippen molar-refractivity contribution in [2.24, 2.45) is 0 Å². The minimum absolute atomic E-state index is 0.0729. The van der Waals surface area contributed by atoms with Crippen molar-refractivity contribution in [1.29, 1.82) is 0 Å². The molecule has 3 aliphatic heterocycles. The van der Waals surface area contributed by atoms with Crippen LogP contribution in [0, 0.1) is 0 Å². The molecule has 1 saturated heterocycles. The average molecular weight is 182 g/mol. The Morgan fingerprint density at radius 2 is 2.38 bits per heavy atom. The van der Waals surface area contributed by atoms with E-state index in [2.05, 4.69) is 16.0 Å². The second-order valence-corrected chi connectivity index (χ2v) is 3.52. The third kappa shape index (κ3) is 1.48. The van der Waals surface area contributed by atoms with Gasteiger partial charge >= 0.3 is 5.97 Å². The first kappa shape index (κ1) is 8.41. The van der Waals surface area contributed by atoms with Crippen molar-refractivity contribution in [3.63, 3.8) is 0 Å². The van der Waals surface area contributed by atoms with Gasteiger partial charge < -0.3 is 14.5 Å². The zero-order valence-corrected chi connectivity index (χ0v) is 7.99. The largest absolute Gasteiger partial charge is 0.440 e. The predicted molar refractivity (Wildman–Crippen MR) is 47.6 cm³/mol. The minimum Gasteiger partial charge on any atom is -0.440 e. The van der Waals surface area contributed by atoms with Gasteiger partial charge in [0.25, 0.3) is 0 Å². The number of ether oxygens (including phenoxy) is 1. The number of allylic oxidation sites excluding steroid dienone is 1. The van der Waals surface area contributed by atoms with Gasteiger partial charge in [-0.15, -0.1) is 0 Å². The van der Waals surface area contributed by atoms with Crippen LogP contribution in [0.4, 0.5) is 0 Å². The molecule has 3 rings (SSSR count). The Morgan fingerprint density at radius 1 is 1.62 bits per heavy atom. The Morgan fingerprint density at radius 3 is 2.92 bits per heavy atom. The lowest BCUT2D eigenvalue weighted by atomic mass is 10.2. The highest BCUT2D eigenvalue weighted by Crippen LogP contribution is 2.23. The molecule has 4 heteroatoms. The van der Waals surface area contributed by atoms with Crippen molar-refractivity contribution in [3.8, 4) is 0 Å². The predicted octanol–water partition coefficient (Wildman–Crippen LogP) is 0.368. The Bertz CT molecular complexity index is 262. The van der Waals surface area contributed by atoms with Crippen LogP contribution in [0.3, 0.4) is 0 Å². The first-order chi connectivity index (χ1) is 6.16. The van der Waals surface area contributed by atoms with Crippen LogP contribution in [-0.4, -0.2) is 41.6 Å². The summed E-state index contributed by atoms with van der Waals surface area (Å²) in [5, 5.41) is 0. The molecule has 1 unspecified atom stereocenters. The number of rotatable bonds is 1. The summed E-state index contributed by atoms with van der Waals surface area (Å²) in [5.41, 5.74) is 1.18. The summed E-state index contributed by atoms with van der Waals surface area (Å²) >= 11 is 0. The van der Waals surface area contributed by atoms with E-state index in [0.717, 1.165) is 19.6 Å². The van der Waals surface area contributed by atoms with Crippen LogP contribution in [0.5, 0.6) is 0 Å². The summed E-state index contributed by atoms with van der Waals surface area (Å²) in [6.45, 7) is 6.30. The summed E-state index contributed by atoms with van der Waals surface area (Å²) < 4.78 is 5.20. The standard InChI is InChI=1S/C9H14N2O2/c1-7-5-10-3-4-11(7)9(6-10)13-8(2)12/h5,9H,3-4,6H2,1-2H3. The maximum Gasteiger partial charge on any atom is 0.304 e. The molecule has 0 aromatic carbocycles. The van der Waals surface area contributed by atoms with Crippen molar-refractivity contribution in [1.82, 2.24) is 9.80 Å². The van der Waals surface area contributed by atoms with Crippen molar-refractivity contribution in [2.45, 2.75) is 20.1 Å². The number of piperazine rings is 1. The SMILES string of the molecule is CC(=O)OC1CN2C=C(C)N1CC2. The summed E-state index contributed by atoms with van der Waals surface area (Å²) in [7, 11) is 0. The van der Waals surface area contributed by atoms with Crippen molar-refractivity contribution in [3.05, 3.63) is 11.9 Å². The second-order valence-electron chi connectivity index (χ2n) is 3.52. The summed E-state index contributed by atoms with van der Waals surface area (Å²) in [6, 6.07) is 0. The number of carbonyl (C=O) groups is 1. The number of carbonyl (C=O) groups excluding carboxylic acids is 1. The normalized spacial score (nSPS) is 26.0. The van der Waals surface area contributed by atoms with E-state index in [1.807, 2.05) is 6.92 Å². The highest BCUT2D eigenvalue weighted by molar-refractivity contribution is 5.66. The van der Waals surface area contributed by atoms with Crippen LogP contribution in [0.2, 0.25) is 0 Å². The monoisotopic (exact) mass is 182 g/mol. The van der Waals surface area contributed by atoms with Gasteiger partial charge in [0.05, 0.1) is 6.54 Å². The molecule has 0 saturated carbocycles. The van der Waals surface area contributed by atoms with Gasteiger partial charge in [0.1, 0.15) is 0 Å². The first-order valence-electron chi connectivity index (χ1n) is 4.53. The van der Waals surface area contributed by atoms with Crippen LogP contribution < -0.4 is 0 Å². The van der Waals surface area contributed by atoms with Gasteiger partial charge in [-0.2, -0.15) is 0 Å². The molecule has 2 bridgehead atoms. The number of esters is 1. The van der Waals surface area contributed by atoms with E-state index in [1.54, 1.807) is 0 Å². The maximum absolute atomic E-state index is 10.8. The third-order valence-corrected chi connectivity index (χ3v) is 2.49. The van der Waals surface area contributed by atoms with E-state index < -0.39 is 0 Å². The Balaban J connectivity index is 2.09. The average Bonchev–Trinajstić information content (AvgIpc) is 2.02. The minimum atomic E-state index is -0.202. The van der Waals surface area contributed by atoms with Gasteiger partial charge in [-0.05, 0) is 6.92 Å². The molecule has 4 nitrogen and oxygen atoms in total. The molecule has 0 aromatic heterocycles. The molecule has 13 heavy (non-hydrogen) atoms. The zero-order valence-electron chi connectivity index (χ0n) is 7.99. The maximum atomic E-state index is 10.8. The van der Waals surface area contributed by atoms with Gasteiger partial charge in [-0.25, -0.2) is 0 Å². The fourth-order valence-corrected chi connectivity index (χ4v) is 1.92. The molecule has 1 fully saturated rings. The Kier molecular flexibility index (Phi) is 1.90. The van der Waals surface area contributed by atoms with Crippen molar-refractivity contribution < 1.29 is 9.53 Å². The lowest BCUT2D eigenvalue weighted by Crippen LogP contribution is -2.56. The highest BCUT2D eigenvalue weighted by atomic mass is 16.6. The van der Waals surface area contributed by atoms with Gasteiger partial charge in [-0.1, -0.05) is 0 Å². The van der Waals surface area contributed by atoms with Gasteiger partial charge in [0.2, 0.25) is 0 Å². The summed E-state index contributed by atoms with van der Waals surface area (Å²) in [4.78, 5) is 15.1. The van der Waals surface area contributed by atoms with Crippen LogP contribution in [0.25, 0.3) is 0 Å². The molecule has 0 aliphatic carbocycles. The molecule has 0 amide bonds. The molecule has 72 valence electrons. The molecule has 0 N–H and O–H groups in total. The van der Waals surface area contributed by atoms with Crippen molar-refractivity contribution >= 4 is 5.97 Å².